The van der Waals surface area contributed by atoms with Gasteiger partial charge in [0, 0.05) is 19.1 Å². The fourth-order valence-corrected chi connectivity index (χ4v) is 2.73. The summed E-state index contributed by atoms with van der Waals surface area (Å²) in [6, 6.07) is 7.04. The lowest BCUT2D eigenvalue weighted by atomic mass is 10.1. The third-order valence-corrected chi connectivity index (χ3v) is 3.87. The summed E-state index contributed by atoms with van der Waals surface area (Å²) in [5.74, 6) is 1.16. The van der Waals surface area contributed by atoms with Crippen LogP contribution in [0.2, 0.25) is 0 Å². The van der Waals surface area contributed by atoms with Gasteiger partial charge >= 0.3 is 0 Å². The van der Waals surface area contributed by atoms with Crippen molar-refractivity contribution in [1.82, 2.24) is 10.3 Å². The maximum atomic E-state index is 4.82. The molecule has 0 saturated carbocycles. The molecule has 3 heteroatoms. The highest BCUT2D eigenvalue weighted by molar-refractivity contribution is 5.40. The van der Waals surface area contributed by atoms with Crippen molar-refractivity contribution in [3.8, 4) is 0 Å². The monoisotopic (exact) mass is 261 g/mol. The molecule has 0 radical (unpaired) electrons. The van der Waals surface area contributed by atoms with Crippen LogP contribution in [0.25, 0.3) is 0 Å². The van der Waals surface area contributed by atoms with Gasteiger partial charge in [0.25, 0.3) is 0 Å². The van der Waals surface area contributed by atoms with Crippen LogP contribution in [0.5, 0.6) is 0 Å². The van der Waals surface area contributed by atoms with Gasteiger partial charge in [0.15, 0.2) is 0 Å². The van der Waals surface area contributed by atoms with Gasteiger partial charge in [0.2, 0.25) is 0 Å². The van der Waals surface area contributed by atoms with E-state index < -0.39 is 0 Å². The minimum absolute atomic E-state index is 0.619. The lowest BCUT2D eigenvalue weighted by molar-refractivity contribution is 0.608. The molecule has 1 N–H and O–H groups in total. The van der Waals surface area contributed by atoms with Crippen molar-refractivity contribution in [2.45, 2.75) is 58.5 Å². The second-order valence-electron chi connectivity index (χ2n) is 5.56. The summed E-state index contributed by atoms with van der Waals surface area (Å²) < 4.78 is 0. The van der Waals surface area contributed by atoms with E-state index in [9.17, 15) is 0 Å². The van der Waals surface area contributed by atoms with E-state index in [1.165, 1.54) is 32.1 Å². The molecule has 1 unspecified atom stereocenters. The van der Waals surface area contributed by atoms with Gasteiger partial charge < -0.3 is 10.2 Å². The van der Waals surface area contributed by atoms with Gasteiger partial charge in [-0.15, -0.1) is 0 Å². The normalized spacial score (nSPS) is 20.3. The highest BCUT2D eigenvalue weighted by Crippen LogP contribution is 2.22. The van der Waals surface area contributed by atoms with E-state index in [0.29, 0.717) is 6.04 Å². The van der Waals surface area contributed by atoms with Crippen molar-refractivity contribution in [2.75, 3.05) is 18.0 Å². The Kier molecular flexibility index (Phi) is 5.64. The number of hydrogen-bond donors (Lipinski definition) is 1. The molecule has 1 aromatic rings. The van der Waals surface area contributed by atoms with Crippen molar-refractivity contribution in [3.05, 3.63) is 23.9 Å². The van der Waals surface area contributed by atoms with Crippen LogP contribution in [0.15, 0.2) is 18.2 Å². The summed E-state index contributed by atoms with van der Waals surface area (Å²) in [7, 11) is 0. The molecule has 2 heterocycles. The van der Waals surface area contributed by atoms with Crippen LogP contribution in [-0.2, 0) is 6.54 Å². The number of pyridine rings is 1. The number of rotatable bonds is 5. The standard InChI is InChI=1S/C16H27N3/c1-3-11-17-13-15-9-7-10-16(18-15)19-12-6-4-5-8-14(19)2/h7,9-10,14,17H,3-6,8,11-13H2,1-2H3. The van der Waals surface area contributed by atoms with Gasteiger partial charge in [-0.3, -0.25) is 0 Å². The number of nitrogens with zero attached hydrogens (tertiary/aromatic N) is 2. The average molecular weight is 261 g/mol. The van der Waals surface area contributed by atoms with E-state index in [-0.39, 0.29) is 0 Å². The second-order valence-corrected chi connectivity index (χ2v) is 5.56. The molecule has 1 aliphatic rings. The van der Waals surface area contributed by atoms with E-state index in [0.717, 1.165) is 31.1 Å². The second kappa shape index (κ2) is 7.49. The molecule has 0 bridgehead atoms. The molecule has 3 nitrogen and oxygen atoms in total. The zero-order valence-electron chi connectivity index (χ0n) is 12.4. The molecule has 0 amide bonds. The fraction of sp³-hybridized carbons (Fsp3) is 0.688. The van der Waals surface area contributed by atoms with Crippen LogP contribution in [0, 0.1) is 0 Å². The first-order valence-corrected chi connectivity index (χ1v) is 7.74. The molecule has 1 atom stereocenters. The third kappa shape index (κ3) is 4.20. The minimum Gasteiger partial charge on any atom is -0.354 e. The van der Waals surface area contributed by atoms with Gasteiger partial charge in [-0.2, -0.15) is 0 Å². The zero-order chi connectivity index (χ0) is 13.5. The van der Waals surface area contributed by atoms with Crippen LogP contribution in [0.3, 0.4) is 0 Å². The molecule has 1 saturated heterocycles. The maximum Gasteiger partial charge on any atom is 0.129 e. The van der Waals surface area contributed by atoms with Crippen LogP contribution in [0.4, 0.5) is 5.82 Å². The Hall–Kier alpha value is -1.09. The largest absolute Gasteiger partial charge is 0.354 e. The van der Waals surface area contributed by atoms with Crippen molar-refractivity contribution in [1.29, 1.82) is 0 Å². The molecular formula is C16H27N3. The van der Waals surface area contributed by atoms with Gasteiger partial charge in [0.05, 0.1) is 5.69 Å². The Morgan fingerprint density at radius 1 is 1.32 bits per heavy atom. The molecule has 1 fully saturated rings. The SMILES string of the molecule is CCCNCc1cccc(N2CCCCCC2C)n1. The number of aromatic nitrogens is 1. The van der Waals surface area contributed by atoms with E-state index >= 15 is 0 Å². The minimum atomic E-state index is 0.619. The summed E-state index contributed by atoms with van der Waals surface area (Å²) in [6.45, 7) is 7.61. The first-order valence-electron chi connectivity index (χ1n) is 7.74. The van der Waals surface area contributed by atoms with E-state index in [1.54, 1.807) is 0 Å². The topological polar surface area (TPSA) is 28.2 Å². The predicted molar refractivity (Wildman–Crippen MR) is 81.5 cm³/mol. The average Bonchev–Trinajstić information content (AvgIpc) is 2.64. The first-order chi connectivity index (χ1) is 9.31. The number of nitrogens with one attached hydrogen (secondary N) is 1. The van der Waals surface area contributed by atoms with Gasteiger partial charge in [-0.25, -0.2) is 4.98 Å². The quantitative estimate of drug-likeness (QED) is 0.824. The van der Waals surface area contributed by atoms with Crippen LogP contribution < -0.4 is 10.2 Å². The lowest BCUT2D eigenvalue weighted by Gasteiger charge is -2.28. The highest BCUT2D eigenvalue weighted by Gasteiger charge is 2.18. The molecule has 0 aliphatic carbocycles. The van der Waals surface area contributed by atoms with Gasteiger partial charge in [-0.05, 0) is 44.9 Å². The van der Waals surface area contributed by atoms with E-state index in [2.05, 4.69) is 42.3 Å². The van der Waals surface area contributed by atoms with Crippen molar-refractivity contribution >= 4 is 5.82 Å². The summed E-state index contributed by atoms with van der Waals surface area (Å²) >= 11 is 0. The van der Waals surface area contributed by atoms with E-state index in [1.807, 2.05) is 0 Å². The molecule has 0 spiro atoms. The zero-order valence-corrected chi connectivity index (χ0v) is 12.4. The Balaban J connectivity index is 2.03. The smallest absolute Gasteiger partial charge is 0.129 e. The summed E-state index contributed by atoms with van der Waals surface area (Å²) in [4.78, 5) is 7.31. The van der Waals surface area contributed by atoms with Gasteiger partial charge in [-0.1, -0.05) is 25.8 Å². The maximum absolute atomic E-state index is 4.82. The molecule has 1 aliphatic heterocycles. The molecule has 2 rings (SSSR count). The van der Waals surface area contributed by atoms with Crippen LogP contribution >= 0.6 is 0 Å². The van der Waals surface area contributed by atoms with Crippen LogP contribution in [0.1, 0.15) is 51.6 Å². The number of hydrogen-bond acceptors (Lipinski definition) is 3. The van der Waals surface area contributed by atoms with Crippen molar-refractivity contribution in [2.24, 2.45) is 0 Å². The molecule has 19 heavy (non-hydrogen) atoms. The Bertz CT molecular complexity index is 378. The Labute approximate surface area is 117 Å². The lowest BCUT2D eigenvalue weighted by Crippen LogP contribution is -2.33. The highest BCUT2D eigenvalue weighted by atomic mass is 15.2. The van der Waals surface area contributed by atoms with Crippen molar-refractivity contribution in [3.63, 3.8) is 0 Å². The molecule has 1 aromatic heterocycles. The Morgan fingerprint density at radius 2 is 2.21 bits per heavy atom. The molecular weight excluding hydrogens is 234 g/mol. The number of anilines is 1. The van der Waals surface area contributed by atoms with Crippen molar-refractivity contribution < 1.29 is 0 Å². The first kappa shape index (κ1) is 14.3. The summed E-state index contributed by atoms with van der Waals surface area (Å²) in [5.41, 5.74) is 1.15. The molecule has 106 valence electrons. The predicted octanol–water partition coefficient (Wildman–Crippen LogP) is 3.35. The third-order valence-electron chi connectivity index (χ3n) is 3.87. The summed E-state index contributed by atoms with van der Waals surface area (Å²) in [5, 5.41) is 3.42. The van der Waals surface area contributed by atoms with Gasteiger partial charge in [0.1, 0.15) is 5.82 Å². The van der Waals surface area contributed by atoms with E-state index in [4.69, 9.17) is 4.98 Å². The fourth-order valence-electron chi connectivity index (χ4n) is 2.73. The van der Waals surface area contributed by atoms with Crippen LogP contribution in [-0.4, -0.2) is 24.1 Å². The Morgan fingerprint density at radius 3 is 3.05 bits per heavy atom. The molecule has 0 aromatic carbocycles. The summed E-state index contributed by atoms with van der Waals surface area (Å²) in [6.07, 6.45) is 6.47.